The SMILES string of the molecule is CCOCCOCc1cccc(CNC(=O)/C=C/c2ccc(OC(F)F)c(OCC)c2)c1. The van der Waals surface area contributed by atoms with Gasteiger partial charge >= 0.3 is 6.61 Å². The minimum Gasteiger partial charge on any atom is -0.490 e. The molecule has 0 heterocycles. The first kappa shape index (κ1) is 25.3. The highest BCUT2D eigenvalue weighted by Gasteiger charge is 2.11. The highest BCUT2D eigenvalue weighted by Crippen LogP contribution is 2.30. The Balaban J connectivity index is 1.87. The molecule has 32 heavy (non-hydrogen) atoms. The lowest BCUT2D eigenvalue weighted by molar-refractivity contribution is -0.116. The molecule has 2 aromatic carbocycles. The molecule has 0 bridgehead atoms. The van der Waals surface area contributed by atoms with E-state index in [1.807, 2.05) is 31.2 Å². The average molecular weight is 449 g/mol. The first-order valence-corrected chi connectivity index (χ1v) is 10.4. The predicted octanol–water partition coefficient (Wildman–Crippen LogP) is 4.57. The van der Waals surface area contributed by atoms with Crippen molar-refractivity contribution < 1.29 is 32.5 Å². The zero-order valence-electron chi connectivity index (χ0n) is 18.3. The van der Waals surface area contributed by atoms with Crippen molar-refractivity contribution in [1.29, 1.82) is 0 Å². The fourth-order valence-electron chi connectivity index (χ4n) is 2.79. The number of carbonyl (C=O) groups excluding carboxylic acids is 1. The summed E-state index contributed by atoms with van der Waals surface area (Å²) in [6.07, 6.45) is 2.95. The Hall–Kier alpha value is -2.97. The largest absolute Gasteiger partial charge is 0.490 e. The smallest absolute Gasteiger partial charge is 0.387 e. The predicted molar refractivity (Wildman–Crippen MR) is 118 cm³/mol. The Kier molecular flexibility index (Phi) is 11.2. The lowest BCUT2D eigenvalue weighted by atomic mass is 10.1. The van der Waals surface area contributed by atoms with E-state index in [2.05, 4.69) is 10.1 Å². The van der Waals surface area contributed by atoms with Gasteiger partial charge in [-0.1, -0.05) is 30.3 Å². The van der Waals surface area contributed by atoms with Crippen LogP contribution < -0.4 is 14.8 Å². The second-order valence-electron chi connectivity index (χ2n) is 6.64. The number of benzene rings is 2. The van der Waals surface area contributed by atoms with Gasteiger partial charge in [0.15, 0.2) is 11.5 Å². The zero-order chi connectivity index (χ0) is 23.2. The summed E-state index contributed by atoms with van der Waals surface area (Å²) in [6.45, 7) is 3.62. The van der Waals surface area contributed by atoms with Gasteiger partial charge in [-0.2, -0.15) is 8.78 Å². The van der Waals surface area contributed by atoms with Gasteiger partial charge in [0, 0.05) is 19.2 Å². The normalized spacial score (nSPS) is 11.2. The summed E-state index contributed by atoms with van der Waals surface area (Å²) in [4.78, 5) is 12.2. The van der Waals surface area contributed by atoms with Gasteiger partial charge in [-0.05, 0) is 48.7 Å². The van der Waals surface area contributed by atoms with Crippen LogP contribution in [0.1, 0.15) is 30.5 Å². The van der Waals surface area contributed by atoms with E-state index >= 15 is 0 Å². The van der Waals surface area contributed by atoms with Gasteiger partial charge in [-0.25, -0.2) is 0 Å². The quantitative estimate of drug-likeness (QED) is 0.338. The molecule has 0 radical (unpaired) electrons. The summed E-state index contributed by atoms with van der Waals surface area (Å²) in [5.74, 6) is -0.143. The number of hydrogen-bond acceptors (Lipinski definition) is 5. The molecule has 0 unspecified atom stereocenters. The highest BCUT2D eigenvalue weighted by molar-refractivity contribution is 5.91. The number of amides is 1. The molecule has 6 nitrogen and oxygen atoms in total. The maximum atomic E-state index is 12.5. The fourth-order valence-corrected chi connectivity index (χ4v) is 2.79. The van der Waals surface area contributed by atoms with Crippen molar-refractivity contribution in [2.24, 2.45) is 0 Å². The number of alkyl halides is 2. The number of rotatable bonds is 14. The average Bonchev–Trinajstić information content (AvgIpc) is 2.78. The van der Waals surface area contributed by atoms with E-state index in [0.29, 0.717) is 45.1 Å². The van der Waals surface area contributed by atoms with Crippen LogP contribution in [-0.4, -0.2) is 38.9 Å². The Morgan fingerprint density at radius 3 is 2.53 bits per heavy atom. The third-order valence-corrected chi connectivity index (χ3v) is 4.21. The standard InChI is InChI=1S/C24H29F2NO5/c1-3-29-12-13-30-17-20-7-5-6-19(14-20)16-27-23(28)11-9-18-8-10-21(32-24(25)26)22(15-18)31-4-2/h5-11,14-15,24H,3-4,12-13,16-17H2,1-2H3,(H,27,28)/b11-9+. The lowest BCUT2D eigenvalue weighted by Crippen LogP contribution is -2.20. The van der Waals surface area contributed by atoms with E-state index in [1.165, 1.54) is 12.1 Å². The van der Waals surface area contributed by atoms with Crippen molar-refractivity contribution in [1.82, 2.24) is 5.32 Å². The summed E-state index contributed by atoms with van der Waals surface area (Å²) in [5, 5.41) is 2.82. The van der Waals surface area contributed by atoms with Crippen LogP contribution >= 0.6 is 0 Å². The minimum absolute atomic E-state index is 0.0507. The van der Waals surface area contributed by atoms with Crippen molar-refractivity contribution in [2.75, 3.05) is 26.4 Å². The number of halogens is 2. The van der Waals surface area contributed by atoms with E-state index in [9.17, 15) is 13.6 Å². The second-order valence-corrected chi connectivity index (χ2v) is 6.64. The third kappa shape index (κ3) is 9.45. The first-order chi connectivity index (χ1) is 15.5. The van der Waals surface area contributed by atoms with E-state index < -0.39 is 6.61 Å². The maximum absolute atomic E-state index is 12.5. The summed E-state index contributed by atoms with van der Waals surface area (Å²) in [5.41, 5.74) is 2.58. The number of carbonyl (C=O) groups is 1. The Labute approximate surface area is 187 Å². The minimum atomic E-state index is -2.94. The summed E-state index contributed by atoms with van der Waals surface area (Å²) in [6, 6.07) is 12.3. The van der Waals surface area contributed by atoms with Gasteiger partial charge < -0.3 is 24.3 Å². The van der Waals surface area contributed by atoms with Crippen LogP contribution in [0.2, 0.25) is 0 Å². The molecule has 0 saturated heterocycles. The molecule has 2 aromatic rings. The molecule has 174 valence electrons. The van der Waals surface area contributed by atoms with Crippen LogP contribution in [0.15, 0.2) is 48.5 Å². The molecule has 0 aliphatic heterocycles. The fraction of sp³-hybridized carbons (Fsp3) is 0.375. The van der Waals surface area contributed by atoms with Gasteiger partial charge in [-0.3, -0.25) is 4.79 Å². The topological polar surface area (TPSA) is 66.0 Å². The van der Waals surface area contributed by atoms with Crippen molar-refractivity contribution in [3.8, 4) is 11.5 Å². The Bertz CT molecular complexity index is 873. The summed E-state index contributed by atoms with van der Waals surface area (Å²) in [7, 11) is 0. The van der Waals surface area contributed by atoms with Crippen LogP contribution in [0, 0.1) is 0 Å². The molecule has 8 heteroatoms. The molecule has 0 spiro atoms. The maximum Gasteiger partial charge on any atom is 0.387 e. The molecule has 0 aromatic heterocycles. The van der Waals surface area contributed by atoms with Crippen LogP contribution in [-0.2, 0) is 27.4 Å². The first-order valence-electron chi connectivity index (χ1n) is 10.4. The molecule has 2 rings (SSSR count). The molecule has 1 N–H and O–H groups in total. The molecular weight excluding hydrogens is 420 g/mol. The van der Waals surface area contributed by atoms with Gasteiger partial charge in [0.25, 0.3) is 0 Å². The van der Waals surface area contributed by atoms with Gasteiger partial charge in [0.1, 0.15) is 0 Å². The molecule has 0 atom stereocenters. The summed E-state index contributed by atoms with van der Waals surface area (Å²) >= 11 is 0. The lowest BCUT2D eigenvalue weighted by Gasteiger charge is -2.11. The van der Waals surface area contributed by atoms with Gasteiger partial charge in [0.05, 0.1) is 26.4 Å². The molecule has 0 aliphatic carbocycles. The number of nitrogens with one attached hydrogen (secondary N) is 1. The van der Waals surface area contributed by atoms with E-state index in [-0.39, 0.29) is 17.4 Å². The van der Waals surface area contributed by atoms with Crippen LogP contribution in [0.3, 0.4) is 0 Å². The molecule has 1 amide bonds. The van der Waals surface area contributed by atoms with Crippen LogP contribution in [0.5, 0.6) is 11.5 Å². The second kappa shape index (κ2) is 14.2. The molecular formula is C24H29F2NO5. The summed E-state index contributed by atoms with van der Waals surface area (Å²) < 4.78 is 45.6. The van der Waals surface area contributed by atoms with Crippen molar-refractivity contribution in [2.45, 2.75) is 33.6 Å². The van der Waals surface area contributed by atoms with Crippen LogP contribution in [0.4, 0.5) is 8.78 Å². The van der Waals surface area contributed by atoms with E-state index in [1.54, 1.807) is 25.1 Å². The van der Waals surface area contributed by atoms with E-state index in [4.69, 9.17) is 14.2 Å². The van der Waals surface area contributed by atoms with Crippen molar-refractivity contribution in [3.63, 3.8) is 0 Å². The zero-order valence-corrected chi connectivity index (χ0v) is 18.3. The molecule has 0 saturated carbocycles. The monoisotopic (exact) mass is 449 g/mol. The van der Waals surface area contributed by atoms with Gasteiger partial charge in [-0.15, -0.1) is 0 Å². The Morgan fingerprint density at radius 1 is 1.00 bits per heavy atom. The van der Waals surface area contributed by atoms with Crippen molar-refractivity contribution in [3.05, 3.63) is 65.2 Å². The Morgan fingerprint density at radius 2 is 1.78 bits per heavy atom. The van der Waals surface area contributed by atoms with Gasteiger partial charge in [0.2, 0.25) is 5.91 Å². The highest BCUT2D eigenvalue weighted by atomic mass is 19.3. The number of ether oxygens (including phenoxy) is 4. The van der Waals surface area contributed by atoms with E-state index in [0.717, 1.165) is 11.1 Å². The van der Waals surface area contributed by atoms with Crippen LogP contribution in [0.25, 0.3) is 6.08 Å². The van der Waals surface area contributed by atoms with Crippen molar-refractivity contribution >= 4 is 12.0 Å². The number of hydrogen-bond donors (Lipinski definition) is 1. The molecule has 0 fully saturated rings. The molecule has 0 aliphatic rings. The third-order valence-electron chi connectivity index (χ3n) is 4.21.